The summed E-state index contributed by atoms with van der Waals surface area (Å²) in [6.07, 6.45) is 0. The van der Waals surface area contributed by atoms with Crippen molar-refractivity contribution in [1.82, 2.24) is 4.57 Å². The molecular weight excluding hydrogens is 893 g/mol. The molecule has 0 aliphatic rings. The Bertz CT molecular complexity index is 4410. The zero-order chi connectivity index (χ0) is 49.0. The first kappa shape index (κ1) is 43.1. The molecule has 0 bridgehead atoms. The van der Waals surface area contributed by atoms with E-state index in [1.807, 2.05) is 0 Å². The smallest absolute Gasteiger partial charge is 0.0547 e. The van der Waals surface area contributed by atoms with Crippen LogP contribution in [0.2, 0.25) is 0 Å². The highest BCUT2D eigenvalue weighted by atomic mass is 15.1. The van der Waals surface area contributed by atoms with Gasteiger partial charge in [-0.2, -0.15) is 0 Å². The second kappa shape index (κ2) is 18.1. The van der Waals surface area contributed by atoms with Gasteiger partial charge in [0.2, 0.25) is 0 Å². The molecule has 0 fully saturated rings. The van der Waals surface area contributed by atoms with Crippen molar-refractivity contribution in [3.05, 3.63) is 291 Å². The molecule has 1 heterocycles. The van der Waals surface area contributed by atoms with Gasteiger partial charge >= 0.3 is 0 Å². The van der Waals surface area contributed by atoms with Crippen LogP contribution in [0.15, 0.2) is 291 Å². The van der Waals surface area contributed by atoms with Crippen molar-refractivity contribution in [3.8, 4) is 61.3 Å². The maximum atomic E-state index is 2.47. The Labute approximate surface area is 430 Å². The summed E-state index contributed by atoms with van der Waals surface area (Å²) in [7, 11) is 0. The lowest BCUT2D eigenvalue weighted by atomic mass is 9.89. The van der Waals surface area contributed by atoms with E-state index in [1.165, 1.54) is 81.9 Å². The van der Waals surface area contributed by atoms with Gasteiger partial charge in [0.05, 0.1) is 16.7 Å². The van der Waals surface area contributed by atoms with E-state index in [-0.39, 0.29) is 0 Å². The van der Waals surface area contributed by atoms with E-state index in [1.54, 1.807) is 0 Å². The molecule has 346 valence electrons. The van der Waals surface area contributed by atoms with Crippen LogP contribution in [-0.4, -0.2) is 4.57 Å². The van der Waals surface area contributed by atoms with Crippen molar-refractivity contribution in [2.75, 3.05) is 4.90 Å². The number of rotatable bonds is 9. The summed E-state index contributed by atoms with van der Waals surface area (Å²) in [6.45, 7) is 0. The van der Waals surface area contributed by atoms with E-state index in [0.717, 1.165) is 50.6 Å². The lowest BCUT2D eigenvalue weighted by Crippen LogP contribution is -2.10. The van der Waals surface area contributed by atoms with Crippen molar-refractivity contribution < 1.29 is 0 Å². The fourth-order valence-electron chi connectivity index (χ4n) is 11.6. The summed E-state index contributed by atoms with van der Waals surface area (Å²) in [5.41, 5.74) is 18.5. The summed E-state index contributed by atoms with van der Waals surface area (Å²) in [5.74, 6) is 0. The minimum atomic E-state index is 1.06. The van der Waals surface area contributed by atoms with Gasteiger partial charge in [0.25, 0.3) is 0 Å². The number of anilines is 3. The van der Waals surface area contributed by atoms with Crippen LogP contribution in [0, 0.1) is 0 Å². The summed E-state index contributed by atoms with van der Waals surface area (Å²) in [6, 6.07) is 107. The number of para-hydroxylation sites is 2. The van der Waals surface area contributed by atoms with E-state index in [0.29, 0.717) is 0 Å². The first-order valence-electron chi connectivity index (χ1n) is 25.5. The SMILES string of the molecule is c1ccc(-c2cc(N(c3ccc(-c4cccc5ccccc45)cc3)c3cccc(-c4c(-c5ccccc5)ccc5ccccc45)c3)ccc2-c2ccccc2-n2c3ccccc3c3c4ccccc4ccc32)cc1. The number of aromatic nitrogens is 1. The van der Waals surface area contributed by atoms with E-state index in [2.05, 4.69) is 301 Å². The summed E-state index contributed by atoms with van der Waals surface area (Å²) in [5, 5.41) is 9.94. The second-order valence-corrected chi connectivity index (χ2v) is 19.2. The Morgan fingerprint density at radius 3 is 1.54 bits per heavy atom. The van der Waals surface area contributed by atoms with Crippen molar-refractivity contribution in [2.24, 2.45) is 0 Å². The molecule has 1 aromatic heterocycles. The third-order valence-electron chi connectivity index (χ3n) is 15.0. The van der Waals surface area contributed by atoms with Gasteiger partial charge in [0.15, 0.2) is 0 Å². The van der Waals surface area contributed by atoms with Crippen LogP contribution in [0.4, 0.5) is 17.1 Å². The molecule has 0 atom stereocenters. The topological polar surface area (TPSA) is 8.17 Å². The maximum Gasteiger partial charge on any atom is 0.0547 e. The molecular formula is C72H48N2. The van der Waals surface area contributed by atoms with Gasteiger partial charge in [0.1, 0.15) is 0 Å². The highest BCUT2D eigenvalue weighted by Gasteiger charge is 2.22. The van der Waals surface area contributed by atoms with Gasteiger partial charge in [-0.1, -0.05) is 237 Å². The predicted molar refractivity (Wildman–Crippen MR) is 315 cm³/mol. The summed E-state index contributed by atoms with van der Waals surface area (Å²) in [4.78, 5) is 2.43. The van der Waals surface area contributed by atoms with Crippen LogP contribution in [0.5, 0.6) is 0 Å². The lowest BCUT2D eigenvalue weighted by molar-refractivity contribution is 1.18. The molecule has 0 spiro atoms. The quantitative estimate of drug-likeness (QED) is 0.140. The standard InChI is InChI=1S/C72H48N2/c1-3-19-50(20-4-1)63-44-39-52-24-8-11-30-61(52)71(63)55-27-17-28-57(47-55)73(56-41-37-54(38-42-56)60-34-18-26-49-23-7-10-29-59(49)60)58-43-45-64(67(48-58)51-21-5-2-6-22-51)65-32-13-15-35-68(65)74-69-36-16-14-33-66(69)72-62-31-12-9-25-53(62)40-46-70(72)74/h1-48H. The van der Waals surface area contributed by atoms with Crippen LogP contribution in [0.25, 0.3) is 115 Å². The van der Waals surface area contributed by atoms with Crippen LogP contribution in [0.3, 0.4) is 0 Å². The number of hydrogen-bond acceptors (Lipinski definition) is 1. The van der Waals surface area contributed by atoms with Gasteiger partial charge in [-0.3, -0.25) is 0 Å². The molecule has 2 nitrogen and oxygen atoms in total. The Balaban J connectivity index is 0.982. The minimum Gasteiger partial charge on any atom is -0.310 e. The molecule has 0 amide bonds. The van der Waals surface area contributed by atoms with Crippen LogP contribution < -0.4 is 4.90 Å². The van der Waals surface area contributed by atoms with Gasteiger partial charge in [-0.15, -0.1) is 0 Å². The minimum absolute atomic E-state index is 1.06. The molecule has 0 radical (unpaired) electrons. The normalized spacial score (nSPS) is 11.5. The molecule has 74 heavy (non-hydrogen) atoms. The third kappa shape index (κ3) is 7.35. The molecule has 2 heteroatoms. The van der Waals surface area contributed by atoms with Crippen molar-refractivity contribution in [3.63, 3.8) is 0 Å². The Morgan fingerprint density at radius 2 is 0.757 bits per heavy atom. The van der Waals surface area contributed by atoms with Crippen molar-refractivity contribution in [2.45, 2.75) is 0 Å². The molecule has 14 aromatic rings. The zero-order valence-electron chi connectivity index (χ0n) is 40.6. The van der Waals surface area contributed by atoms with E-state index < -0.39 is 0 Å². The molecule has 0 aliphatic heterocycles. The third-order valence-corrected chi connectivity index (χ3v) is 15.0. The van der Waals surface area contributed by atoms with Crippen molar-refractivity contribution in [1.29, 1.82) is 0 Å². The predicted octanol–water partition coefficient (Wildman–Crippen LogP) is 20.0. The molecule has 14 rings (SSSR count). The van der Waals surface area contributed by atoms with Gasteiger partial charge in [-0.05, 0) is 137 Å². The van der Waals surface area contributed by atoms with Gasteiger partial charge in [0, 0.05) is 33.4 Å². The van der Waals surface area contributed by atoms with Crippen LogP contribution in [-0.2, 0) is 0 Å². The van der Waals surface area contributed by atoms with Crippen molar-refractivity contribution >= 4 is 71.2 Å². The number of benzene rings is 13. The molecule has 0 aliphatic carbocycles. The average molecular weight is 941 g/mol. The van der Waals surface area contributed by atoms with E-state index >= 15 is 0 Å². The maximum absolute atomic E-state index is 2.47. The molecule has 0 N–H and O–H groups in total. The lowest BCUT2D eigenvalue weighted by Gasteiger charge is -2.28. The van der Waals surface area contributed by atoms with E-state index in [9.17, 15) is 0 Å². The first-order chi connectivity index (χ1) is 36.7. The monoisotopic (exact) mass is 940 g/mol. The highest BCUT2D eigenvalue weighted by molar-refractivity contribution is 6.21. The molecule has 0 saturated carbocycles. The summed E-state index contributed by atoms with van der Waals surface area (Å²) < 4.78 is 2.47. The van der Waals surface area contributed by atoms with Gasteiger partial charge in [-0.25, -0.2) is 0 Å². The van der Waals surface area contributed by atoms with Crippen LogP contribution in [0.1, 0.15) is 0 Å². The molecule has 0 unspecified atom stereocenters. The zero-order valence-corrected chi connectivity index (χ0v) is 40.6. The average Bonchev–Trinajstić information content (AvgIpc) is 3.82. The van der Waals surface area contributed by atoms with E-state index in [4.69, 9.17) is 0 Å². The fourth-order valence-corrected chi connectivity index (χ4v) is 11.6. The van der Waals surface area contributed by atoms with Crippen LogP contribution >= 0.6 is 0 Å². The highest BCUT2D eigenvalue weighted by Crippen LogP contribution is 2.47. The second-order valence-electron chi connectivity index (χ2n) is 19.2. The number of hydrogen-bond donors (Lipinski definition) is 0. The fraction of sp³-hybridized carbons (Fsp3) is 0. The Morgan fingerprint density at radius 1 is 0.243 bits per heavy atom. The number of fused-ring (bicyclic) bond motifs is 7. The Kier molecular flexibility index (Phi) is 10.6. The summed E-state index contributed by atoms with van der Waals surface area (Å²) >= 11 is 0. The number of nitrogens with zero attached hydrogens (tertiary/aromatic N) is 2. The van der Waals surface area contributed by atoms with Gasteiger partial charge < -0.3 is 9.47 Å². The first-order valence-corrected chi connectivity index (χ1v) is 25.5. The Hall–Kier alpha value is -9.76. The molecule has 13 aromatic carbocycles. The molecule has 0 saturated heterocycles. The largest absolute Gasteiger partial charge is 0.310 e.